The number of aliphatic hydroxyl groups is 1. The van der Waals surface area contributed by atoms with Crippen LogP contribution in [-0.4, -0.2) is 11.2 Å². The van der Waals surface area contributed by atoms with Crippen molar-refractivity contribution < 1.29 is 5.11 Å². The molecule has 0 saturated heterocycles. The Balaban J connectivity index is 1.46. The molecule has 4 saturated carbocycles. The number of rotatable bonds is 5. The molecule has 0 radical (unpaired) electrons. The number of aliphatic hydroxyl groups excluding tert-OH is 1. The fraction of sp³-hybridized carbons (Fsp3) is 1.00. The van der Waals surface area contributed by atoms with Crippen LogP contribution in [0.15, 0.2) is 0 Å². The lowest BCUT2D eigenvalue weighted by atomic mass is 9.44. The van der Waals surface area contributed by atoms with Gasteiger partial charge in [-0.3, -0.25) is 0 Å². The van der Waals surface area contributed by atoms with Gasteiger partial charge in [0, 0.05) is 0 Å². The molecule has 4 aliphatic rings. The van der Waals surface area contributed by atoms with Gasteiger partial charge in [0.05, 0.1) is 6.10 Å². The highest BCUT2D eigenvalue weighted by atomic mass is 16.3. The second-order valence-electron chi connectivity index (χ2n) is 12.5. The molecule has 0 bridgehead atoms. The molecule has 0 heterocycles. The lowest BCUT2D eigenvalue weighted by Crippen LogP contribution is -2.53. The summed E-state index contributed by atoms with van der Waals surface area (Å²) in [4.78, 5) is 0. The van der Waals surface area contributed by atoms with Gasteiger partial charge in [0.1, 0.15) is 0 Å². The SMILES string of the molecule is CC(C)C(O)CC[C@@H](C)[C@H]1CC[C@H]2[C@@H]3CC[C@H]4CCCC[C@]4(C)[C@H]3CC[C@]12C. The van der Waals surface area contributed by atoms with Gasteiger partial charge in [-0.15, -0.1) is 0 Å². The quantitative estimate of drug-likeness (QED) is 0.518. The van der Waals surface area contributed by atoms with E-state index >= 15 is 0 Å². The molecule has 1 nitrogen and oxygen atoms in total. The average molecular weight is 389 g/mol. The van der Waals surface area contributed by atoms with Gasteiger partial charge in [0.2, 0.25) is 0 Å². The minimum atomic E-state index is -0.107. The molecule has 4 fully saturated rings. The lowest BCUT2D eigenvalue weighted by molar-refractivity contribution is -0.114. The van der Waals surface area contributed by atoms with Gasteiger partial charge in [0.15, 0.2) is 0 Å². The summed E-state index contributed by atoms with van der Waals surface area (Å²) in [7, 11) is 0. The van der Waals surface area contributed by atoms with Crippen LogP contribution < -0.4 is 0 Å². The molecule has 162 valence electrons. The highest BCUT2D eigenvalue weighted by molar-refractivity contribution is 5.09. The molecule has 9 atom stereocenters. The van der Waals surface area contributed by atoms with E-state index in [1.165, 1.54) is 64.2 Å². The summed E-state index contributed by atoms with van der Waals surface area (Å²) in [6, 6.07) is 0. The highest BCUT2D eigenvalue weighted by Gasteiger charge is 2.60. The van der Waals surface area contributed by atoms with E-state index in [9.17, 15) is 5.11 Å². The first-order valence-corrected chi connectivity index (χ1v) is 13.0. The van der Waals surface area contributed by atoms with Crippen molar-refractivity contribution in [2.24, 2.45) is 52.3 Å². The Bertz CT molecular complexity index is 540. The Kier molecular flexibility index (Phi) is 5.98. The topological polar surface area (TPSA) is 20.2 Å². The number of hydrogen-bond acceptors (Lipinski definition) is 1. The summed E-state index contributed by atoms with van der Waals surface area (Å²) in [5.74, 6) is 6.17. The van der Waals surface area contributed by atoms with Crippen molar-refractivity contribution in [1.82, 2.24) is 0 Å². The van der Waals surface area contributed by atoms with E-state index in [2.05, 4.69) is 34.6 Å². The van der Waals surface area contributed by atoms with Crippen LogP contribution in [0.1, 0.15) is 112 Å². The summed E-state index contributed by atoms with van der Waals surface area (Å²) < 4.78 is 0. The van der Waals surface area contributed by atoms with Gasteiger partial charge in [-0.1, -0.05) is 47.5 Å². The first-order valence-electron chi connectivity index (χ1n) is 13.0. The Labute approximate surface area is 175 Å². The van der Waals surface area contributed by atoms with Crippen molar-refractivity contribution >= 4 is 0 Å². The minimum absolute atomic E-state index is 0.107. The molecule has 1 unspecified atom stereocenters. The molecule has 0 aromatic carbocycles. The largest absolute Gasteiger partial charge is 0.393 e. The lowest BCUT2D eigenvalue weighted by Gasteiger charge is -2.61. The molecule has 0 aliphatic heterocycles. The zero-order valence-corrected chi connectivity index (χ0v) is 19.6. The third-order valence-corrected chi connectivity index (χ3v) is 11.0. The van der Waals surface area contributed by atoms with Crippen molar-refractivity contribution in [2.45, 2.75) is 118 Å². The predicted molar refractivity (Wildman–Crippen MR) is 119 cm³/mol. The average Bonchev–Trinajstić information content (AvgIpc) is 3.02. The number of hydrogen-bond donors (Lipinski definition) is 1. The van der Waals surface area contributed by atoms with Crippen LogP contribution in [-0.2, 0) is 0 Å². The third-order valence-electron chi connectivity index (χ3n) is 11.0. The summed E-state index contributed by atoms with van der Waals surface area (Å²) in [6.07, 6.45) is 17.2. The van der Waals surface area contributed by atoms with Crippen molar-refractivity contribution in [3.05, 3.63) is 0 Å². The molecule has 0 amide bonds. The van der Waals surface area contributed by atoms with E-state index in [0.717, 1.165) is 41.9 Å². The van der Waals surface area contributed by atoms with Crippen LogP contribution >= 0.6 is 0 Å². The Morgan fingerprint density at radius 3 is 2.29 bits per heavy atom. The van der Waals surface area contributed by atoms with Crippen LogP contribution in [0.2, 0.25) is 0 Å². The minimum Gasteiger partial charge on any atom is -0.393 e. The molecule has 0 aromatic heterocycles. The maximum atomic E-state index is 10.3. The van der Waals surface area contributed by atoms with Gasteiger partial charge < -0.3 is 5.11 Å². The molecule has 1 heteroatoms. The van der Waals surface area contributed by atoms with E-state index in [1.807, 2.05) is 0 Å². The summed E-state index contributed by atoms with van der Waals surface area (Å²) >= 11 is 0. The summed E-state index contributed by atoms with van der Waals surface area (Å²) in [6.45, 7) is 12.2. The molecule has 28 heavy (non-hydrogen) atoms. The van der Waals surface area contributed by atoms with E-state index < -0.39 is 0 Å². The standard InChI is InChI=1S/C27H48O/c1-18(2)25(28)14-9-19(3)22-12-13-23-21-11-10-20-8-6-7-16-26(20,4)24(21)15-17-27(22,23)5/h18-25,28H,6-17H2,1-5H3/t19-,20-,21+,22-,23+,24+,25?,26+,27-/m1/s1. The molecule has 4 aliphatic carbocycles. The molecule has 0 aromatic rings. The second kappa shape index (κ2) is 7.90. The molecule has 1 N–H and O–H groups in total. The fourth-order valence-electron chi connectivity index (χ4n) is 9.24. The molecule has 0 spiro atoms. The third kappa shape index (κ3) is 3.40. The van der Waals surface area contributed by atoms with Crippen LogP contribution in [0.25, 0.3) is 0 Å². The predicted octanol–water partition coefficient (Wildman–Crippen LogP) is 7.47. The first-order chi connectivity index (χ1) is 13.3. The van der Waals surface area contributed by atoms with Gasteiger partial charge in [0.25, 0.3) is 0 Å². The highest BCUT2D eigenvalue weighted by Crippen LogP contribution is 2.68. The zero-order valence-electron chi connectivity index (χ0n) is 19.6. The molecular weight excluding hydrogens is 340 g/mol. The summed E-state index contributed by atoms with van der Waals surface area (Å²) in [5.41, 5.74) is 1.26. The van der Waals surface area contributed by atoms with E-state index in [4.69, 9.17) is 0 Å². The number of fused-ring (bicyclic) bond motifs is 5. The first kappa shape index (κ1) is 21.2. The Morgan fingerprint density at radius 1 is 0.786 bits per heavy atom. The monoisotopic (exact) mass is 388 g/mol. The van der Waals surface area contributed by atoms with Crippen LogP contribution in [0.4, 0.5) is 0 Å². The van der Waals surface area contributed by atoms with Crippen LogP contribution in [0.5, 0.6) is 0 Å². The van der Waals surface area contributed by atoms with E-state index in [0.29, 0.717) is 16.7 Å². The zero-order chi connectivity index (χ0) is 20.1. The molecule has 4 rings (SSSR count). The van der Waals surface area contributed by atoms with Crippen molar-refractivity contribution in [2.75, 3.05) is 0 Å². The Hall–Kier alpha value is -0.0400. The van der Waals surface area contributed by atoms with Gasteiger partial charge in [-0.2, -0.15) is 0 Å². The van der Waals surface area contributed by atoms with E-state index in [-0.39, 0.29) is 6.10 Å². The smallest absolute Gasteiger partial charge is 0.0563 e. The van der Waals surface area contributed by atoms with Crippen molar-refractivity contribution in [3.63, 3.8) is 0 Å². The maximum absolute atomic E-state index is 10.3. The summed E-state index contributed by atoms with van der Waals surface area (Å²) in [5, 5.41) is 10.3. The second-order valence-corrected chi connectivity index (χ2v) is 12.5. The van der Waals surface area contributed by atoms with Crippen molar-refractivity contribution in [3.8, 4) is 0 Å². The Morgan fingerprint density at radius 2 is 1.54 bits per heavy atom. The van der Waals surface area contributed by atoms with Gasteiger partial charge in [-0.25, -0.2) is 0 Å². The van der Waals surface area contributed by atoms with Crippen LogP contribution in [0.3, 0.4) is 0 Å². The van der Waals surface area contributed by atoms with E-state index in [1.54, 1.807) is 6.42 Å². The van der Waals surface area contributed by atoms with Gasteiger partial charge >= 0.3 is 0 Å². The maximum Gasteiger partial charge on any atom is 0.0563 e. The van der Waals surface area contributed by atoms with Crippen molar-refractivity contribution in [1.29, 1.82) is 0 Å². The normalized spacial score (nSPS) is 47.9. The fourth-order valence-corrected chi connectivity index (χ4v) is 9.24. The van der Waals surface area contributed by atoms with Gasteiger partial charge in [-0.05, 0) is 116 Å². The van der Waals surface area contributed by atoms with Crippen LogP contribution in [0, 0.1) is 52.3 Å². The molecular formula is C27H48O.